The second kappa shape index (κ2) is 4.16. The van der Waals surface area contributed by atoms with Gasteiger partial charge in [0.1, 0.15) is 0 Å². The van der Waals surface area contributed by atoms with Gasteiger partial charge >= 0.3 is 17.8 Å². The number of carbonyl (C=O) groups excluding carboxylic acids is 1. The fourth-order valence-corrected chi connectivity index (χ4v) is 1.07. The molecule has 0 aliphatic heterocycles. The van der Waals surface area contributed by atoms with Crippen LogP contribution in [0.4, 0.5) is 20.5 Å². The summed E-state index contributed by atoms with van der Waals surface area (Å²) in [5.41, 5.74) is 5.09. The van der Waals surface area contributed by atoms with Crippen molar-refractivity contribution in [3.05, 3.63) is 35.7 Å². The zero-order chi connectivity index (χ0) is 12.4. The normalized spacial score (nSPS) is 10.2. The molecule has 0 fully saturated rings. The third-order valence-electron chi connectivity index (χ3n) is 1.81. The Balaban J connectivity index is 2.19. The molecule has 0 atom stereocenters. The Bertz CT molecular complexity index is 570. The van der Waals surface area contributed by atoms with E-state index in [1.54, 1.807) is 0 Å². The number of nitrogens with one attached hydrogen (secondary N) is 1. The minimum absolute atomic E-state index is 0.148. The van der Waals surface area contributed by atoms with E-state index in [0.717, 1.165) is 12.1 Å². The van der Waals surface area contributed by atoms with Crippen molar-refractivity contribution in [1.29, 1.82) is 0 Å². The zero-order valence-electron chi connectivity index (χ0n) is 8.28. The van der Waals surface area contributed by atoms with Crippen LogP contribution in [-0.4, -0.2) is 16.1 Å². The number of primary amides is 1. The van der Waals surface area contributed by atoms with Gasteiger partial charge in [-0.25, -0.2) is 8.78 Å². The molecule has 2 aromatic rings. The number of benzene rings is 1. The summed E-state index contributed by atoms with van der Waals surface area (Å²) < 4.78 is 30.3. The molecule has 1 aromatic carbocycles. The van der Waals surface area contributed by atoms with Crippen LogP contribution in [0.3, 0.4) is 0 Å². The fraction of sp³-hybridized carbons (Fsp3) is 0. The van der Waals surface area contributed by atoms with E-state index in [2.05, 4.69) is 15.5 Å². The van der Waals surface area contributed by atoms with Gasteiger partial charge in [-0.05, 0) is 12.1 Å². The average molecular weight is 240 g/mol. The van der Waals surface area contributed by atoms with Crippen LogP contribution < -0.4 is 11.1 Å². The second-order valence-electron chi connectivity index (χ2n) is 3.03. The summed E-state index contributed by atoms with van der Waals surface area (Å²) in [5, 5.41) is 9.26. The lowest BCUT2D eigenvalue weighted by molar-refractivity contribution is 0.0968. The Morgan fingerprint density at radius 1 is 1.29 bits per heavy atom. The van der Waals surface area contributed by atoms with Crippen LogP contribution >= 0.6 is 0 Å². The molecule has 0 aliphatic carbocycles. The number of carbonyl (C=O) groups is 1. The highest BCUT2D eigenvalue weighted by atomic mass is 19.2. The van der Waals surface area contributed by atoms with Gasteiger partial charge in [0, 0.05) is 11.8 Å². The molecule has 8 heteroatoms. The Morgan fingerprint density at radius 2 is 2.06 bits per heavy atom. The molecule has 0 unspecified atom stereocenters. The highest BCUT2D eigenvalue weighted by molar-refractivity contribution is 5.87. The molecule has 0 bridgehead atoms. The molecule has 1 amide bonds. The van der Waals surface area contributed by atoms with Crippen LogP contribution in [0.15, 0.2) is 22.6 Å². The maximum Gasteiger partial charge on any atom is 0.320 e. The first kappa shape index (κ1) is 11.0. The fourth-order valence-electron chi connectivity index (χ4n) is 1.07. The molecule has 6 nitrogen and oxygen atoms in total. The van der Waals surface area contributed by atoms with Gasteiger partial charge in [0.25, 0.3) is 0 Å². The van der Waals surface area contributed by atoms with Crippen LogP contribution in [0, 0.1) is 11.6 Å². The van der Waals surface area contributed by atoms with Crippen molar-refractivity contribution < 1.29 is 18.0 Å². The maximum absolute atomic E-state index is 12.9. The molecule has 0 radical (unpaired) electrons. The van der Waals surface area contributed by atoms with Crippen LogP contribution in [0.2, 0.25) is 0 Å². The number of hydrogen-bond donors (Lipinski definition) is 2. The summed E-state index contributed by atoms with van der Waals surface area (Å²) in [6.07, 6.45) is 0. The van der Waals surface area contributed by atoms with Gasteiger partial charge in [0.05, 0.1) is 0 Å². The van der Waals surface area contributed by atoms with Crippen molar-refractivity contribution in [3.63, 3.8) is 0 Å². The summed E-state index contributed by atoms with van der Waals surface area (Å²) in [5.74, 6) is -3.26. The van der Waals surface area contributed by atoms with Crippen LogP contribution in [0.25, 0.3) is 0 Å². The van der Waals surface area contributed by atoms with Crippen LogP contribution in [-0.2, 0) is 0 Å². The Labute approximate surface area is 93.4 Å². The first-order valence-electron chi connectivity index (χ1n) is 4.41. The van der Waals surface area contributed by atoms with Crippen molar-refractivity contribution >= 4 is 17.6 Å². The standard InChI is InChI=1S/C9H6F2N4O2/c10-5-2-1-4(3-6(5)11)13-9-15-14-8(17-9)7(12)16/h1-3H,(H2,12,16)(H,13,15). The number of hydrogen-bond acceptors (Lipinski definition) is 5. The first-order valence-corrected chi connectivity index (χ1v) is 4.41. The maximum atomic E-state index is 12.9. The Hall–Kier alpha value is -2.51. The van der Waals surface area contributed by atoms with Gasteiger partial charge in [-0.2, -0.15) is 0 Å². The van der Waals surface area contributed by atoms with E-state index >= 15 is 0 Å². The largest absolute Gasteiger partial charge is 0.399 e. The molecule has 17 heavy (non-hydrogen) atoms. The zero-order valence-corrected chi connectivity index (χ0v) is 8.28. The lowest BCUT2D eigenvalue weighted by Gasteiger charge is -2.00. The monoisotopic (exact) mass is 240 g/mol. The first-order chi connectivity index (χ1) is 8.06. The molecule has 0 saturated heterocycles. The number of nitrogens with two attached hydrogens (primary N) is 1. The second-order valence-corrected chi connectivity index (χ2v) is 3.03. The number of rotatable bonds is 3. The van der Waals surface area contributed by atoms with Crippen molar-refractivity contribution in [2.24, 2.45) is 5.73 Å². The van der Waals surface area contributed by atoms with E-state index in [-0.39, 0.29) is 17.6 Å². The lowest BCUT2D eigenvalue weighted by atomic mass is 10.3. The van der Waals surface area contributed by atoms with Gasteiger partial charge in [0.15, 0.2) is 11.6 Å². The molecule has 1 heterocycles. The number of nitrogens with zero attached hydrogens (tertiary/aromatic N) is 2. The van der Waals surface area contributed by atoms with Crippen molar-refractivity contribution in [2.75, 3.05) is 5.32 Å². The van der Waals surface area contributed by atoms with Gasteiger partial charge in [0.2, 0.25) is 0 Å². The van der Waals surface area contributed by atoms with Gasteiger partial charge < -0.3 is 15.5 Å². The van der Waals surface area contributed by atoms with Crippen molar-refractivity contribution in [3.8, 4) is 0 Å². The highest BCUT2D eigenvalue weighted by Crippen LogP contribution is 2.17. The molecule has 0 spiro atoms. The van der Waals surface area contributed by atoms with Gasteiger partial charge in [-0.3, -0.25) is 4.79 Å². The molecular weight excluding hydrogens is 234 g/mol. The van der Waals surface area contributed by atoms with Gasteiger partial charge in [-0.15, -0.1) is 5.10 Å². The van der Waals surface area contributed by atoms with E-state index in [0.29, 0.717) is 0 Å². The van der Waals surface area contributed by atoms with Crippen molar-refractivity contribution in [2.45, 2.75) is 0 Å². The van der Waals surface area contributed by atoms with E-state index in [4.69, 9.17) is 10.2 Å². The van der Waals surface area contributed by atoms with Crippen molar-refractivity contribution in [1.82, 2.24) is 10.2 Å². The molecule has 3 N–H and O–H groups in total. The van der Waals surface area contributed by atoms with Crippen LogP contribution in [0.5, 0.6) is 0 Å². The van der Waals surface area contributed by atoms with E-state index in [1.807, 2.05) is 0 Å². The Morgan fingerprint density at radius 3 is 2.65 bits per heavy atom. The topological polar surface area (TPSA) is 94.0 Å². The minimum Gasteiger partial charge on any atom is -0.399 e. The van der Waals surface area contributed by atoms with E-state index in [9.17, 15) is 13.6 Å². The molecule has 88 valence electrons. The third-order valence-corrected chi connectivity index (χ3v) is 1.81. The third kappa shape index (κ3) is 2.36. The molecule has 1 aromatic heterocycles. The predicted molar refractivity (Wildman–Crippen MR) is 52.5 cm³/mol. The lowest BCUT2D eigenvalue weighted by Crippen LogP contribution is -2.10. The summed E-state index contributed by atoms with van der Waals surface area (Å²) in [4.78, 5) is 10.7. The molecule has 2 rings (SSSR count). The summed E-state index contributed by atoms with van der Waals surface area (Å²) >= 11 is 0. The van der Waals surface area contributed by atoms with Gasteiger partial charge in [-0.1, -0.05) is 5.10 Å². The summed E-state index contributed by atoms with van der Waals surface area (Å²) in [7, 11) is 0. The quantitative estimate of drug-likeness (QED) is 0.840. The highest BCUT2D eigenvalue weighted by Gasteiger charge is 2.11. The van der Waals surface area contributed by atoms with E-state index in [1.165, 1.54) is 6.07 Å². The number of aromatic nitrogens is 2. The molecule has 0 aliphatic rings. The number of halogens is 2. The number of amides is 1. The Kier molecular flexibility index (Phi) is 2.69. The predicted octanol–water partition coefficient (Wildman–Crippen LogP) is 1.19. The summed E-state index contributed by atoms with van der Waals surface area (Å²) in [6, 6.07) is 2.96. The average Bonchev–Trinajstić information content (AvgIpc) is 2.72. The van der Waals surface area contributed by atoms with E-state index < -0.39 is 17.5 Å². The smallest absolute Gasteiger partial charge is 0.320 e. The number of anilines is 2. The minimum atomic E-state index is -1.02. The summed E-state index contributed by atoms with van der Waals surface area (Å²) in [6.45, 7) is 0. The molecule has 0 saturated carbocycles. The molecular formula is C9H6F2N4O2. The van der Waals surface area contributed by atoms with Crippen LogP contribution in [0.1, 0.15) is 10.7 Å². The SMILES string of the molecule is NC(=O)c1nnc(Nc2ccc(F)c(F)c2)o1.